The molecule has 2 nitrogen and oxygen atoms in total. The van der Waals surface area contributed by atoms with E-state index in [0.29, 0.717) is 12.1 Å². The lowest BCUT2D eigenvalue weighted by atomic mass is 9.80. The van der Waals surface area contributed by atoms with Gasteiger partial charge in [0.25, 0.3) is 0 Å². The fourth-order valence-corrected chi connectivity index (χ4v) is 2.74. The molecule has 0 aromatic heterocycles. The van der Waals surface area contributed by atoms with Crippen molar-refractivity contribution in [3.63, 3.8) is 0 Å². The normalized spacial score (nSPS) is 31.4. The van der Waals surface area contributed by atoms with Crippen LogP contribution in [-0.4, -0.2) is 17.2 Å². The fraction of sp³-hybridized carbons (Fsp3) is 0.917. The smallest absolute Gasteiger partial charge is 0.166 e. The van der Waals surface area contributed by atoms with Crippen LogP contribution in [0.2, 0.25) is 0 Å². The standard InChI is InChI=1S/C12H24N2S/c1-8(2)13-12(15)14-11-6-5-9(3)7-10(11)4/h8-11H,5-7H2,1-4H3,(H2,13,14,15). The Bertz CT molecular complexity index is 216. The highest BCUT2D eigenvalue weighted by molar-refractivity contribution is 7.80. The molecular formula is C12H24N2S. The van der Waals surface area contributed by atoms with E-state index in [1.807, 2.05) is 0 Å². The van der Waals surface area contributed by atoms with Gasteiger partial charge < -0.3 is 10.6 Å². The molecule has 15 heavy (non-hydrogen) atoms. The third-order valence-electron chi connectivity index (χ3n) is 3.17. The molecule has 0 spiro atoms. The van der Waals surface area contributed by atoms with Gasteiger partial charge in [-0.2, -0.15) is 0 Å². The van der Waals surface area contributed by atoms with Gasteiger partial charge in [-0.25, -0.2) is 0 Å². The first kappa shape index (κ1) is 12.8. The number of hydrogen-bond donors (Lipinski definition) is 2. The molecule has 0 radical (unpaired) electrons. The van der Waals surface area contributed by atoms with Gasteiger partial charge >= 0.3 is 0 Å². The van der Waals surface area contributed by atoms with Crippen LogP contribution >= 0.6 is 12.2 Å². The Morgan fingerprint density at radius 1 is 1.27 bits per heavy atom. The quantitative estimate of drug-likeness (QED) is 0.711. The molecule has 0 aromatic rings. The van der Waals surface area contributed by atoms with E-state index in [1.165, 1.54) is 19.3 Å². The molecular weight excluding hydrogens is 204 g/mol. The summed E-state index contributed by atoms with van der Waals surface area (Å²) in [6.07, 6.45) is 3.90. The summed E-state index contributed by atoms with van der Waals surface area (Å²) in [6.45, 7) is 8.89. The predicted octanol–water partition coefficient (Wildman–Crippen LogP) is 2.68. The maximum atomic E-state index is 5.27. The highest BCUT2D eigenvalue weighted by Gasteiger charge is 2.25. The van der Waals surface area contributed by atoms with Crippen molar-refractivity contribution in [2.24, 2.45) is 11.8 Å². The van der Waals surface area contributed by atoms with Gasteiger partial charge in [0, 0.05) is 12.1 Å². The molecule has 0 saturated heterocycles. The highest BCUT2D eigenvalue weighted by Crippen LogP contribution is 2.28. The summed E-state index contributed by atoms with van der Waals surface area (Å²) in [4.78, 5) is 0. The molecule has 1 rings (SSSR count). The second-order valence-electron chi connectivity index (χ2n) is 5.27. The van der Waals surface area contributed by atoms with Crippen molar-refractivity contribution in [1.29, 1.82) is 0 Å². The Labute approximate surface area is 99.2 Å². The molecule has 0 amide bonds. The van der Waals surface area contributed by atoms with Crippen LogP contribution in [0.4, 0.5) is 0 Å². The third kappa shape index (κ3) is 4.37. The lowest BCUT2D eigenvalue weighted by Gasteiger charge is -2.34. The van der Waals surface area contributed by atoms with Crippen molar-refractivity contribution < 1.29 is 0 Å². The van der Waals surface area contributed by atoms with E-state index in [1.54, 1.807) is 0 Å². The van der Waals surface area contributed by atoms with Crippen molar-refractivity contribution >= 4 is 17.3 Å². The van der Waals surface area contributed by atoms with E-state index in [-0.39, 0.29) is 0 Å². The molecule has 3 unspecified atom stereocenters. The summed E-state index contributed by atoms with van der Waals surface area (Å²) >= 11 is 5.27. The summed E-state index contributed by atoms with van der Waals surface area (Å²) in [5.74, 6) is 1.62. The van der Waals surface area contributed by atoms with Crippen molar-refractivity contribution in [1.82, 2.24) is 10.6 Å². The first-order valence-corrected chi connectivity index (χ1v) is 6.47. The van der Waals surface area contributed by atoms with Gasteiger partial charge in [-0.1, -0.05) is 13.8 Å². The molecule has 2 N–H and O–H groups in total. The van der Waals surface area contributed by atoms with Gasteiger partial charge in [0.2, 0.25) is 0 Å². The average molecular weight is 228 g/mol. The van der Waals surface area contributed by atoms with Crippen LogP contribution in [0, 0.1) is 11.8 Å². The largest absolute Gasteiger partial charge is 0.361 e. The zero-order valence-corrected chi connectivity index (χ0v) is 11.2. The molecule has 0 aromatic carbocycles. The Morgan fingerprint density at radius 3 is 2.47 bits per heavy atom. The minimum absolute atomic E-state index is 0.419. The van der Waals surface area contributed by atoms with E-state index in [4.69, 9.17) is 12.2 Å². The van der Waals surface area contributed by atoms with E-state index >= 15 is 0 Å². The lowest BCUT2D eigenvalue weighted by molar-refractivity contribution is 0.247. The molecule has 0 aliphatic heterocycles. The maximum absolute atomic E-state index is 5.27. The van der Waals surface area contributed by atoms with Crippen molar-refractivity contribution in [2.45, 2.75) is 59.0 Å². The van der Waals surface area contributed by atoms with Gasteiger partial charge in [0.1, 0.15) is 0 Å². The number of thiocarbonyl (C=S) groups is 1. The molecule has 1 saturated carbocycles. The van der Waals surface area contributed by atoms with E-state index in [2.05, 4.69) is 38.3 Å². The summed E-state index contributed by atoms with van der Waals surface area (Å²) in [5, 5.41) is 7.50. The Balaban J connectivity index is 2.34. The number of nitrogens with one attached hydrogen (secondary N) is 2. The monoisotopic (exact) mass is 228 g/mol. The van der Waals surface area contributed by atoms with E-state index < -0.39 is 0 Å². The minimum Gasteiger partial charge on any atom is -0.361 e. The van der Waals surface area contributed by atoms with Crippen LogP contribution < -0.4 is 10.6 Å². The Hall–Kier alpha value is -0.310. The van der Waals surface area contributed by atoms with E-state index in [9.17, 15) is 0 Å². The lowest BCUT2D eigenvalue weighted by Crippen LogP contribution is -2.48. The van der Waals surface area contributed by atoms with Crippen LogP contribution in [0.5, 0.6) is 0 Å². The van der Waals surface area contributed by atoms with Gasteiger partial charge in [0.05, 0.1) is 0 Å². The third-order valence-corrected chi connectivity index (χ3v) is 3.40. The minimum atomic E-state index is 0.419. The molecule has 0 heterocycles. The van der Waals surface area contributed by atoms with Gasteiger partial charge in [-0.15, -0.1) is 0 Å². The van der Waals surface area contributed by atoms with Crippen molar-refractivity contribution in [3.8, 4) is 0 Å². The first-order valence-electron chi connectivity index (χ1n) is 6.06. The van der Waals surface area contributed by atoms with Crippen molar-refractivity contribution in [2.75, 3.05) is 0 Å². The van der Waals surface area contributed by atoms with Gasteiger partial charge in [-0.05, 0) is 57.2 Å². The van der Waals surface area contributed by atoms with Crippen LogP contribution in [-0.2, 0) is 0 Å². The zero-order valence-electron chi connectivity index (χ0n) is 10.3. The summed E-state index contributed by atoms with van der Waals surface area (Å²) in [5.41, 5.74) is 0. The zero-order chi connectivity index (χ0) is 11.4. The molecule has 1 aliphatic carbocycles. The van der Waals surface area contributed by atoms with E-state index in [0.717, 1.165) is 16.9 Å². The number of hydrogen-bond acceptors (Lipinski definition) is 1. The maximum Gasteiger partial charge on any atom is 0.166 e. The Morgan fingerprint density at radius 2 is 1.93 bits per heavy atom. The summed E-state index contributed by atoms with van der Waals surface area (Å²) < 4.78 is 0. The van der Waals surface area contributed by atoms with Gasteiger partial charge in [0.15, 0.2) is 5.11 Å². The fourth-order valence-electron chi connectivity index (χ4n) is 2.35. The number of rotatable bonds is 2. The first-order chi connectivity index (χ1) is 6.99. The average Bonchev–Trinajstić information content (AvgIpc) is 2.08. The molecule has 1 fully saturated rings. The molecule has 1 aliphatic rings. The topological polar surface area (TPSA) is 24.1 Å². The predicted molar refractivity (Wildman–Crippen MR) is 70.0 cm³/mol. The second kappa shape index (κ2) is 5.69. The highest BCUT2D eigenvalue weighted by atomic mass is 32.1. The second-order valence-corrected chi connectivity index (χ2v) is 5.68. The van der Waals surface area contributed by atoms with Crippen LogP contribution in [0.25, 0.3) is 0 Å². The molecule has 88 valence electrons. The Kier molecular flexibility index (Phi) is 4.84. The summed E-state index contributed by atoms with van der Waals surface area (Å²) in [6, 6.07) is 0.989. The van der Waals surface area contributed by atoms with Gasteiger partial charge in [-0.3, -0.25) is 0 Å². The SMILES string of the molecule is CC1CCC(NC(=S)NC(C)C)C(C)C1. The van der Waals surface area contributed by atoms with Crippen molar-refractivity contribution in [3.05, 3.63) is 0 Å². The van der Waals surface area contributed by atoms with Crippen LogP contribution in [0.1, 0.15) is 47.0 Å². The molecule has 0 bridgehead atoms. The van der Waals surface area contributed by atoms with Crippen LogP contribution in [0.15, 0.2) is 0 Å². The molecule has 3 atom stereocenters. The molecule has 3 heteroatoms. The van der Waals surface area contributed by atoms with Crippen LogP contribution in [0.3, 0.4) is 0 Å². The summed E-state index contributed by atoms with van der Waals surface area (Å²) in [7, 11) is 0.